The van der Waals surface area contributed by atoms with E-state index in [0.29, 0.717) is 0 Å². The Hall–Kier alpha value is -1.91. The molecular formula is C18H23N3O. The van der Waals surface area contributed by atoms with E-state index in [1.807, 2.05) is 12.4 Å². The highest BCUT2D eigenvalue weighted by atomic mass is 16.3. The van der Waals surface area contributed by atoms with Crippen molar-refractivity contribution < 1.29 is 5.11 Å². The topological polar surface area (TPSA) is 39.6 Å². The number of anilines is 1. The fourth-order valence-electron chi connectivity index (χ4n) is 2.93. The van der Waals surface area contributed by atoms with Crippen LogP contribution in [0, 0.1) is 0 Å². The molecule has 1 aliphatic rings. The Kier molecular flexibility index (Phi) is 5.03. The van der Waals surface area contributed by atoms with Gasteiger partial charge in [0, 0.05) is 50.8 Å². The summed E-state index contributed by atoms with van der Waals surface area (Å²) in [6, 6.07) is 13.0. The molecule has 0 spiro atoms. The predicted molar refractivity (Wildman–Crippen MR) is 89.2 cm³/mol. The Morgan fingerprint density at radius 3 is 2.14 bits per heavy atom. The molecule has 0 unspecified atom stereocenters. The van der Waals surface area contributed by atoms with E-state index >= 15 is 0 Å². The summed E-state index contributed by atoms with van der Waals surface area (Å²) < 4.78 is 0. The standard InChI is InChI=1S/C18H23N3O/c22-14-13-20-9-11-21(12-10-20)18-3-1-16(2-4-18)15-17-5-7-19-8-6-17/h1-8,22H,9-15H2. The van der Waals surface area contributed by atoms with Crippen LogP contribution in [0.2, 0.25) is 0 Å². The van der Waals surface area contributed by atoms with E-state index < -0.39 is 0 Å². The minimum Gasteiger partial charge on any atom is -0.395 e. The number of benzene rings is 1. The Bertz CT molecular complexity index is 563. The lowest BCUT2D eigenvalue weighted by Crippen LogP contribution is -2.47. The molecule has 3 rings (SSSR count). The normalized spacial score (nSPS) is 16.0. The zero-order valence-electron chi connectivity index (χ0n) is 12.9. The van der Waals surface area contributed by atoms with Crippen LogP contribution in [0.5, 0.6) is 0 Å². The fraction of sp³-hybridized carbons (Fsp3) is 0.389. The van der Waals surface area contributed by atoms with E-state index in [4.69, 9.17) is 5.11 Å². The molecule has 0 aliphatic carbocycles. The minimum absolute atomic E-state index is 0.254. The van der Waals surface area contributed by atoms with Gasteiger partial charge in [-0.2, -0.15) is 0 Å². The number of aromatic nitrogens is 1. The number of aliphatic hydroxyl groups is 1. The number of hydrogen-bond donors (Lipinski definition) is 1. The molecule has 4 nitrogen and oxygen atoms in total. The minimum atomic E-state index is 0.254. The molecule has 1 fully saturated rings. The van der Waals surface area contributed by atoms with Gasteiger partial charge < -0.3 is 10.0 Å². The van der Waals surface area contributed by atoms with Crippen molar-refractivity contribution in [3.63, 3.8) is 0 Å². The first-order chi connectivity index (χ1) is 10.8. The molecule has 2 heterocycles. The second-order valence-corrected chi connectivity index (χ2v) is 5.75. The average molecular weight is 297 g/mol. The highest BCUT2D eigenvalue weighted by Crippen LogP contribution is 2.18. The van der Waals surface area contributed by atoms with Gasteiger partial charge >= 0.3 is 0 Å². The van der Waals surface area contributed by atoms with E-state index in [1.165, 1.54) is 16.8 Å². The second kappa shape index (κ2) is 7.38. The van der Waals surface area contributed by atoms with Gasteiger partial charge in [-0.25, -0.2) is 0 Å². The SMILES string of the molecule is OCCN1CCN(c2ccc(Cc3ccncc3)cc2)CC1. The zero-order valence-corrected chi connectivity index (χ0v) is 12.9. The van der Waals surface area contributed by atoms with Crippen LogP contribution in [0.15, 0.2) is 48.8 Å². The summed E-state index contributed by atoms with van der Waals surface area (Å²) in [4.78, 5) is 8.79. The monoisotopic (exact) mass is 297 g/mol. The van der Waals surface area contributed by atoms with Crippen LogP contribution < -0.4 is 4.90 Å². The third kappa shape index (κ3) is 3.84. The van der Waals surface area contributed by atoms with E-state index in [2.05, 4.69) is 51.2 Å². The first-order valence-corrected chi connectivity index (χ1v) is 7.91. The maximum Gasteiger partial charge on any atom is 0.0558 e. The van der Waals surface area contributed by atoms with Crippen LogP contribution in [0.25, 0.3) is 0 Å². The highest BCUT2D eigenvalue weighted by Gasteiger charge is 2.16. The van der Waals surface area contributed by atoms with Gasteiger partial charge in [0.15, 0.2) is 0 Å². The van der Waals surface area contributed by atoms with Gasteiger partial charge in [-0.1, -0.05) is 12.1 Å². The molecular weight excluding hydrogens is 274 g/mol. The van der Waals surface area contributed by atoms with Crippen LogP contribution in [0.3, 0.4) is 0 Å². The third-order valence-corrected chi connectivity index (χ3v) is 4.25. The van der Waals surface area contributed by atoms with Crippen LogP contribution in [-0.2, 0) is 6.42 Å². The molecule has 22 heavy (non-hydrogen) atoms. The average Bonchev–Trinajstić information content (AvgIpc) is 2.58. The van der Waals surface area contributed by atoms with Crippen molar-refractivity contribution in [3.05, 3.63) is 59.9 Å². The summed E-state index contributed by atoms with van der Waals surface area (Å²) in [5.41, 5.74) is 3.91. The lowest BCUT2D eigenvalue weighted by atomic mass is 10.1. The summed E-state index contributed by atoms with van der Waals surface area (Å²) in [6.07, 6.45) is 4.64. The molecule has 116 valence electrons. The van der Waals surface area contributed by atoms with E-state index in [1.54, 1.807) is 0 Å². The Labute approximate surface area is 132 Å². The van der Waals surface area contributed by atoms with Gasteiger partial charge in [-0.05, 0) is 41.8 Å². The molecule has 0 atom stereocenters. The molecule has 1 aromatic heterocycles. The Balaban J connectivity index is 1.58. The quantitative estimate of drug-likeness (QED) is 0.913. The Morgan fingerprint density at radius 2 is 1.50 bits per heavy atom. The molecule has 0 radical (unpaired) electrons. The molecule has 0 bridgehead atoms. The fourth-order valence-corrected chi connectivity index (χ4v) is 2.93. The van der Waals surface area contributed by atoms with Crippen molar-refractivity contribution in [2.75, 3.05) is 44.2 Å². The van der Waals surface area contributed by atoms with Crippen molar-refractivity contribution in [1.82, 2.24) is 9.88 Å². The third-order valence-electron chi connectivity index (χ3n) is 4.25. The van der Waals surface area contributed by atoms with Crippen LogP contribution in [-0.4, -0.2) is 54.3 Å². The molecule has 1 aliphatic heterocycles. The molecule has 1 N–H and O–H groups in total. The summed E-state index contributed by atoms with van der Waals surface area (Å²) in [7, 11) is 0. The van der Waals surface area contributed by atoms with Crippen molar-refractivity contribution >= 4 is 5.69 Å². The Morgan fingerprint density at radius 1 is 0.864 bits per heavy atom. The van der Waals surface area contributed by atoms with Gasteiger partial charge in [0.25, 0.3) is 0 Å². The van der Waals surface area contributed by atoms with E-state index in [0.717, 1.165) is 39.1 Å². The van der Waals surface area contributed by atoms with E-state index in [9.17, 15) is 0 Å². The van der Waals surface area contributed by atoms with Crippen molar-refractivity contribution in [2.45, 2.75) is 6.42 Å². The van der Waals surface area contributed by atoms with Gasteiger partial charge in [-0.3, -0.25) is 9.88 Å². The number of β-amino-alcohol motifs (C(OH)–C–C–N with tert-alkyl or cyclic N) is 1. The van der Waals surface area contributed by atoms with Gasteiger partial charge in [0.2, 0.25) is 0 Å². The second-order valence-electron chi connectivity index (χ2n) is 5.75. The highest BCUT2D eigenvalue weighted by molar-refractivity contribution is 5.48. The van der Waals surface area contributed by atoms with Crippen molar-refractivity contribution in [2.24, 2.45) is 0 Å². The van der Waals surface area contributed by atoms with E-state index in [-0.39, 0.29) is 6.61 Å². The maximum absolute atomic E-state index is 8.99. The van der Waals surface area contributed by atoms with Gasteiger partial charge in [0.05, 0.1) is 6.61 Å². The smallest absolute Gasteiger partial charge is 0.0558 e. The number of rotatable bonds is 5. The van der Waals surface area contributed by atoms with Crippen LogP contribution in [0.4, 0.5) is 5.69 Å². The largest absolute Gasteiger partial charge is 0.395 e. The van der Waals surface area contributed by atoms with Crippen molar-refractivity contribution in [3.8, 4) is 0 Å². The summed E-state index contributed by atoms with van der Waals surface area (Å²) in [5.74, 6) is 0. The van der Waals surface area contributed by atoms with Gasteiger partial charge in [-0.15, -0.1) is 0 Å². The lowest BCUT2D eigenvalue weighted by molar-refractivity contribution is 0.189. The van der Waals surface area contributed by atoms with Crippen molar-refractivity contribution in [1.29, 1.82) is 0 Å². The first-order valence-electron chi connectivity index (χ1n) is 7.91. The molecule has 0 amide bonds. The van der Waals surface area contributed by atoms with Crippen LogP contribution in [0.1, 0.15) is 11.1 Å². The molecule has 0 saturated carbocycles. The number of nitrogens with zero attached hydrogens (tertiary/aromatic N) is 3. The molecule has 4 heteroatoms. The van der Waals surface area contributed by atoms with Crippen LogP contribution >= 0.6 is 0 Å². The number of hydrogen-bond acceptors (Lipinski definition) is 4. The number of pyridine rings is 1. The molecule has 2 aromatic rings. The predicted octanol–water partition coefficient (Wildman–Crippen LogP) is 1.79. The van der Waals surface area contributed by atoms with Gasteiger partial charge in [0.1, 0.15) is 0 Å². The zero-order chi connectivity index (χ0) is 15.2. The molecule has 1 aromatic carbocycles. The molecule has 1 saturated heterocycles. The summed E-state index contributed by atoms with van der Waals surface area (Å²) in [6.45, 7) is 5.16. The lowest BCUT2D eigenvalue weighted by Gasteiger charge is -2.35. The summed E-state index contributed by atoms with van der Waals surface area (Å²) in [5, 5.41) is 8.99. The summed E-state index contributed by atoms with van der Waals surface area (Å²) >= 11 is 0. The number of aliphatic hydroxyl groups excluding tert-OH is 1. The maximum atomic E-state index is 8.99. The number of piperazine rings is 1. The first kappa shape index (κ1) is 15.0.